The van der Waals surface area contributed by atoms with Gasteiger partial charge in [0.1, 0.15) is 5.60 Å². The van der Waals surface area contributed by atoms with Gasteiger partial charge >= 0.3 is 6.09 Å². The van der Waals surface area contributed by atoms with Crippen LogP contribution in [0.15, 0.2) is 60.7 Å². The van der Waals surface area contributed by atoms with E-state index in [-0.39, 0.29) is 12.0 Å². The van der Waals surface area contributed by atoms with E-state index in [0.29, 0.717) is 24.6 Å². The molecule has 0 bridgehead atoms. The molecule has 0 saturated heterocycles. The summed E-state index contributed by atoms with van der Waals surface area (Å²) in [5.41, 5.74) is 2.25. The molecule has 32 heavy (non-hydrogen) atoms. The van der Waals surface area contributed by atoms with Gasteiger partial charge < -0.3 is 15.0 Å². The molecule has 0 saturated carbocycles. The lowest BCUT2D eigenvalue weighted by Crippen LogP contribution is -2.39. The number of rotatable bonds is 4. The van der Waals surface area contributed by atoms with Crippen molar-refractivity contribution < 1.29 is 14.3 Å². The summed E-state index contributed by atoms with van der Waals surface area (Å²) < 4.78 is 5.49. The highest BCUT2D eigenvalue weighted by Gasteiger charge is 2.29. The van der Waals surface area contributed by atoms with Crippen molar-refractivity contribution in [3.8, 4) is 0 Å². The Kier molecular flexibility index (Phi) is 6.28. The van der Waals surface area contributed by atoms with Gasteiger partial charge in [0.2, 0.25) is 5.91 Å². The number of aromatic nitrogens is 1. The minimum atomic E-state index is -0.534. The summed E-state index contributed by atoms with van der Waals surface area (Å²) in [4.78, 5) is 33.1. The van der Waals surface area contributed by atoms with E-state index in [4.69, 9.17) is 4.74 Å². The van der Waals surface area contributed by atoms with Crippen LogP contribution in [0.4, 0.5) is 9.93 Å². The third kappa shape index (κ3) is 5.16. The molecule has 4 rings (SSSR count). The van der Waals surface area contributed by atoms with Crippen molar-refractivity contribution in [1.82, 2.24) is 9.88 Å². The molecule has 6 nitrogen and oxygen atoms in total. The first-order chi connectivity index (χ1) is 15.3. The number of hydrogen-bond acceptors (Lipinski definition) is 5. The molecule has 2 heterocycles. The second kappa shape index (κ2) is 9.12. The Balaban J connectivity index is 1.51. The van der Waals surface area contributed by atoms with Gasteiger partial charge in [-0.3, -0.25) is 4.79 Å². The van der Waals surface area contributed by atoms with Crippen LogP contribution >= 0.6 is 11.3 Å². The van der Waals surface area contributed by atoms with Crippen LogP contribution in [0, 0.1) is 0 Å². The van der Waals surface area contributed by atoms with E-state index in [1.165, 1.54) is 11.3 Å². The predicted octanol–water partition coefficient (Wildman–Crippen LogP) is 5.21. The van der Waals surface area contributed by atoms with Crippen molar-refractivity contribution in [1.29, 1.82) is 0 Å². The van der Waals surface area contributed by atoms with E-state index in [1.807, 2.05) is 81.4 Å². The zero-order chi connectivity index (χ0) is 22.7. The Labute approximate surface area is 192 Å². The van der Waals surface area contributed by atoms with Gasteiger partial charge in [0.25, 0.3) is 0 Å². The molecular formula is C25H27N3O3S. The highest BCUT2D eigenvalue weighted by atomic mass is 32.1. The highest BCUT2D eigenvalue weighted by Crippen LogP contribution is 2.31. The minimum absolute atomic E-state index is 0.127. The molecule has 3 aromatic rings. The Bertz CT molecular complexity index is 1050. The van der Waals surface area contributed by atoms with Gasteiger partial charge in [-0.05, 0) is 31.9 Å². The smallest absolute Gasteiger partial charge is 0.410 e. The Morgan fingerprint density at radius 1 is 1.03 bits per heavy atom. The van der Waals surface area contributed by atoms with Crippen LogP contribution < -0.4 is 5.32 Å². The molecule has 2 aromatic carbocycles. The summed E-state index contributed by atoms with van der Waals surface area (Å²) in [6.45, 7) is 6.57. The third-order valence-electron chi connectivity index (χ3n) is 5.14. The summed E-state index contributed by atoms with van der Waals surface area (Å²) in [6.07, 6.45) is 0.317. The summed E-state index contributed by atoms with van der Waals surface area (Å²) in [5.74, 6) is -0.561. The van der Waals surface area contributed by atoms with E-state index in [1.54, 1.807) is 4.90 Å². The first-order valence-electron chi connectivity index (χ1n) is 10.7. The fraction of sp³-hybridized carbons (Fsp3) is 0.320. The van der Waals surface area contributed by atoms with E-state index in [2.05, 4.69) is 10.3 Å². The lowest BCUT2D eigenvalue weighted by Gasteiger charge is -2.29. The number of carbonyl (C=O) groups excluding carboxylic acids is 2. The summed E-state index contributed by atoms with van der Waals surface area (Å²) in [6, 6.07) is 19.5. The maximum atomic E-state index is 13.3. The number of carbonyl (C=O) groups is 2. The summed E-state index contributed by atoms with van der Waals surface area (Å²) >= 11 is 1.42. The maximum Gasteiger partial charge on any atom is 0.410 e. The van der Waals surface area contributed by atoms with Gasteiger partial charge in [0.15, 0.2) is 5.13 Å². The van der Waals surface area contributed by atoms with Crippen molar-refractivity contribution >= 4 is 28.5 Å². The molecule has 0 aliphatic carbocycles. The minimum Gasteiger partial charge on any atom is -0.444 e. The van der Waals surface area contributed by atoms with Gasteiger partial charge in [0.05, 0.1) is 18.2 Å². The standard InChI is InChI=1S/C25H27N3O3S/c1-25(2,3)31-24(30)28-15-14-19-20(16-28)32-23(26-19)27-22(29)21(17-10-6-4-7-11-17)18-12-8-5-9-13-18/h4-13,21H,14-16H2,1-3H3,(H,26,27,29). The second-order valence-corrected chi connectivity index (χ2v) is 9.87. The topological polar surface area (TPSA) is 71.5 Å². The van der Waals surface area contributed by atoms with Gasteiger partial charge in [-0.15, -0.1) is 0 Å². The summed E-state index contributed by atoms with van der Waals surface area (Å²) in [5, 5.41) is 3.57. The molecule has 1 aliphatic rings. The Hall–Kier alpha value is -3.19. The van der Waals surface area contributed by atoms with E-state index in [0.717, 1.165) is 21.7 Å². The average molecular weight is 450 g/mol. The number of thiazole rings is 1. The third-order valence-corrected chi connectivity index (χ3v) is 6.14. The van der Waals surface area contributed by atoms with Crippen molar-refractivity contribution in [2.75, 3.05) is 11.9 Å². The molecule has 2 amide bonds. The number of hydrogen-bond donors (Lipinski definition) is 1. The fourth-order valence-electron chi connectivity index (χ4n) is 3.69. The van der Waals surface area contributed by atoms with Crippen LogP contribution in [-0.2, 0) is 22.5 Å². The van der Waals surface area contributed by atoms with Crippen molar-refractivity contribution in [3.63, 3.8) is 0 Å². The first-order valence-corrected chi connectivity index (χ1v) is 11.5. The zero-order valence-corrected chi connectivity index (χ0v) is 19.3. The Morgan fingerprint density at radius 2 is 1.62 bits per heavy atom. The van der Waals surface area contributed by atoms with E-state index >= 15 is 0 Å². The first kappa shape index (κ1) is 22.0. The van der Waals surface area contributed by atoms with Crippen LogP contribution in [0.3, 0.4) is 0 Å². The predicted molar refractivity (Wildman–Crippen MR) is 126 cm³/mol. The van der Waals surface area contributed by atoms with E-state index < -0.39 is 11.5 Å². The Morgan fingerprint density at radius 3 is 2.19 bits per heavy atom. The largest absolute Gasteiger partial charge is 0.444 e. The molecule has 1 N–H and O–H groups in total. The lowest BCUT2D eigenvalue weighted by molar-refractivity contribution is -0.116. The van der Waals surface area contributed by atoms with Crippen LogP contribution in [0.5, 0.6) is 0 Å². The molecule has 1 aromatic heterocycles. The maximum absolute atomic E-state index is 13.3. The molecule has 1 aliphatic heterocycles. The van der Waals surface area contributed by atoms with Crippen LogP contribution in [-0.4, -0.2) is 34.0 Å². The molecular weight excluding hydrogens is 422 g/mol. The lowest BCUT2D eigenvalue weighted by atomic mass is 9.90. The molecule has 166 valence electrons. The zero-order valence-electron chi connectivity index (χ0n) is 18.5. The number of anilines is 1. The van der Waals surface area contributed by atoms with E-state index in [9.17, 15) is 9.59 Å². The molecule has 0 unspecified atom stereocenters. The van der Waals surface area contributed by atoms with Crippen LogP contribution in [0.2, 0.25) is 0 Å². The highest BCUT2D eigenvalue weighted by molar-refractivity contribution is 7.15. The monoisotopic (exact) mass is 449 g/mol. The SMILES string of the molecule is CC(C)(C)OC(=O)N1CCc2nc(NC(=O)C(c3ccccc3)c3ccccc3)sc2C1. The number of fused-ring (bicyclic) bond motifs is 1. The normalized spacial score (nSPS) is 13.6. The average Bonchev–Trinajstić information content (AvgIpc) is 3.15. The van der Waals surface area contributed by atoms with Gasteiger partial charge in [-0.2, -0.15) is 0 Å². The van der Waals surface area contributed by atoms with Crippen LogP contribution in [0.25, 0.3) is 0 Å². The van der Waals surface area contributed by atoms with Gasteiger partial charge in [0, 0.05) is 17.8 Å². The number of nitrogens with one attached hydrogen (secondary N) is 1. The molecule has 7 heteroatoms. The van der Waals surface area contributed by atoms with Crippen LogP contribution in [0.1, 0.15) is 48.4 Å². The molecule has 0 radical (unpaired) electrons. The van der Waals surface area contributed by atoms with Crippen molar-refractivity contribution in [2.45, 2.75) is 45.3 Å². The molecule has 0 spiro atoms. The van der Waals surface area contributed by atoms with Crippen molar-refractivity contribution in [3.05, 3.63) is 82.4 Å². The number of amides is 2. The fourth-order valence-corrected chi connectivity index (χ4v) is 4.72. The second-order valence-electron chi connectivity index (χ2n) is 8.78. The number of benzene rings is 2. The summed E-state index contributed by atoms with van der Waals surface area (Å²) in [7, 11) is 0. The number of nitrogens with zero attached hydrogens (tertiary/aromatic N) is 2. The van der Waals surface area contributed by atoms with Gasteiger partial charge in [-0.25, -0.2) is 9.78 Å². The number of ether oxygens (including phenoxy) is 1. The van der Waals surface area contributed by atoms with Crippen molar-refractivity contribution in [2.24, 2.45) is 0 Å². The van der Waals surface area contributed by atoms with Gasteiger partial charge in [-0.1, -0.05) is 72.0 Å². The molecule has 0 atom stereocenters. The molecule has 0 fully saturated rings. The quantitative estimate of drug-likeness (QED) is 0.594.